The van der Waals surface area contributed by atoms with Crippen molar-refractivity contribution in [1.82, 2.24) is 24.6 Å². The fourth-order valence-electron chi connectivity index (χ4n) is 4.50. The molecule has 2 fully saturated rings. The summed E-state index contributed by atoms with van der Waals surface area (Å²) in [5, 5.41) is 18.9. The molecule has 4 heterocycles. The molecule has 3 aromatic rings. The van der Waals surface area contributed by atoms with Crippen LogP contribution in [0, 0.1) is 0 Å². The number of fused-ring (bicyclic) bond motifs is 1. The highest BCUT2D eigenvalue weighted by Gasteiger charge is 2.39. The van der Waals surface area contributed by atoms with E-state index in [2.05, 4.69) is 20.4 Å². The minimum absolute atomic E-state index is 0.151. The number of alkyl halides is 1. The van der Waals surface area contributed by atoms with Crippen LogP contribution in [0.3, 0.4) is 0 Å². The molecule has 2 aliphatic rings. The number of aliphatic hydroxyl groups excluding tert-OH is 1. The number of hydrogen-bond acceptors (Lipinski definition) is 7. The van der Waals surface area contributed by atoms with E-state index in [0.717, 1.165) is 10.9 Å². The molecule has 2 N–H and O–H groups in total. The molecule has 32 heavy (non-hydrogen) atoms. The van der Waals surface area contributed by atoms with Gasteiger partial charge in [0.15, 0.2) is 0 Å². The second kappa shape index (κ2) is 8.72. The molecular formula is C21H23Cl2FN6O2. The van der Waals surface area contributed by atoms with E-state index in [4.69, 9.17) is 27.9 Å². The molecule has 0 radical (unpaired) electrons. The van der Waals surface area contributed by atoms with Crippen LogP contribution in [0.2, 0.25) is 10.2 Å². The Balaban J connectivity index is 1.39. The first kappa shape index (κ1) is 21.8. The molecule has 1 aromatic carbocycles. The Hall–Kier alpha value is -2.04. The predicted molar refractivity (Wildman–Crippen MR) is 120 cm³/mol. The van der Waals surface area contributed by atoms with Crippen molar-refractivity contribution in [2.75, 3.05) is 31.6 Å². The van der Waals surface area contributed by atoms with Gasteiger partial charge in [-0.3, -0.25) is 9.58 Å². The average Bonchev–Trinajstić information content (AvgIpc) is 3.34. The lowest BCUT2D eigenvalue weighted by molar-refractivity contribution is 0.0353. The van der Waals surface area contributed by atoms with Crippen LogP contribution in [0.25, 0.3) is 10.9 Å². The van der Waals surface area contributed by atoms with E-state index in [-0.39, 0.29) is 18.5 Å². The Morgan fingerprint density at radius 1 is 1.25 bits per heavy atom. The zero-order valence-electron chi connectivity index (χ0n) is 17.4. The first-order valence-electron chi connectivity index (χ1n) is 10.5. The van der Waals surface area contributed by atoms with Gasteiger partial charge in [-0.1, -0.05) is 23.2 Å². The van der Waals surface area contributed by atoms with Crippen molar-refractivity contribution < 1.29 is 14.2 Å². The van der Waals surface area contributed by atoms with E-state index in [1.165, 1.54) is 4.68 Å². The van der Waals surface area contributed by atoms with Gasteiger partial charge in [0.05, 0.1) is 42.8 Å². The van der Waals surface area contributed by atoms with Crippen LogP contribution in [0.1, 0.15) is 17.9 Å². The Morgan fingerprint density at radius 3 is 2.78 bits per heavy atom. The van der Waals surface area contributed by atoms with E-state index in [1.807, 2.05) is 11.0 Å². The molecule has 0 amide bonds. The maximum Gasteiger partial charge on any atom is 0.227 e. The molecule has 2 saturated heterocycles. The zero-order chi connectivity index (χ0) is 22.4. The van der Waals surface area contributed by atoms with Gasteiger partial charge >= 0.3 is 0 Å². The lowest BCUT2D eigenvalue weighted by Crippen LogP contribution is -2.50. The number of likely N-dealkylation sites (tertiary alicyclic amines) is 1. The molecule has 4 atom stereocenters. The van der Waals surface area contributed by atoms with Crippen LogP contribution in [-0.4, -0.2) is 74.4 Å². The largest absolute Gasteiger partial charge is 0.389 e. The number of halogens is 3. The first-order chi connectivity index (χ1) is 15.4. The molecule has 2 aliphatic heterocycles. The van der Waals surface area contributed by atoms with Gasteiger partial charge in [0.2, 0.25) is 5.95 Å². The topological polar surface area (TPSA) is 88.3 Å². The van der Waals surface area contributed by atoms with Crippen molar-refractivity contribution in [2.45, 2.75) is 30.7 Å². The molecule has 0 spiro atoms. The quantitative estimate of drug-likeness (QED) is 0.591. The summed E-state index contributed by atoms with van der Waals surface area (Å²) in [4.78, 5) is 10.9. The third kappa shape index (κ3) is 4.04. The molecular weight excluding hydrogens is 458 g/mol. The summed E-state index contributed by atoms with van der Waals surface area (Å²) in [6, 6.07) is 3.47. The third-order valence-electron chi connectivity index (χ3n) is 6.27. The number of aliphatic hydroxyl groups is 1. The second-order valence-electron chi connectivity index (χ2n) is 8.30. The summed E-state index contributed by atoms with van der Waals surface area (Å²) >= 11 is 12.7. The highest BCUT2D eigenvalue weighted by molar-refractivity contribution is 6.32. The maximum atomic E-state index is 15.3. The minimum atomic E-state index is -1.11. The molecule has 2 aromatic heterocycles. The van der Waals surface area contributed by atoms with Crippen molar-refractivity contribution >= 4 is 45.7 Å². The summed E-state index contributed by atoms with van der Waals surface area (Å²) in [6.45, 7) is 1.64. The molecule has 0 bridgehead atoms. The summed E-state index contributed by atoms with van der Waals surface area (Å²) in [7, 11) is 1.74. The SMILES string of the molecule is Cn1ncc(Nc2ncc3cc(Cl)c(C4CCN(C5COC[C@H]5O)CC4F)cc3n2)c1Cl. The van der Waals surface area contributed by atoms with E-state index in [9.17, 15) is 5.11 Å². The van der Waals surface area contributed by atoms with Crippen LogP contribution in [0.4, 0.5) is 16.0 Å². The van der Waals surface area contributed by atoms with Crippen LogP contribution in [0.15, 0.2) is 24.5 Å². The molecule has 3 unspecified atom stereocenters. The fraction of sp³-hybridized carbons (Fsp3) is 0.476. The number of rotatable bonds is 4. The average molecular weight is 481 g/mol. The molecule has 5 rings (SSSR count). The van der Waals surface area contributed by atoms with Gasteiger partial charge < -0.3 is 15.2 Å². The Morgan fingerprint density at radius 2 is 2.09 bits per heavy atom. The van der Waals surface area contributed by atoms with E-state index in [0.29, 0.717) is 53.5 Å². The standard InChI is InChI=1S/C21H23Cl2FN6O2/c1-29-20(23)17(7-26-29)28-21-25-6-11-4-14(22)13(5-16(11)27-21)12-2-3-30(8-15(12)24)18-9-32-10-19(18)31/h4-7,12,15,18-19,31H,2-3,8-10H2,1H3,(H,25,27,28)/t12?,15?,18?,19-/m1/s1. The number of benzene rings is 1. The van der Waals surface area contributed by atoms with Gasteiger partial charge in [0.1, 0.15) is 11.3 Å². The van der Waals surface area contributed by atoms with Gasteiger partial charge in [-0.15, -0.1) is 0 Å². The third-order valence-corrected chi connectivity index (χ3v) is 7.05. The molecule has 8 nitrogen and oxygen atoms in total. The van der Waals surface area contributed by atoms with Crippen molar-refractivity contribution in [3.63, 3.8) is 0 Å². The van der Waals surface area contributed by atoms with Crippen LogP contribution < -0.4 is 5.32 Å². The first-order valence-corrected chi connectivity index (χ1v) is 11.2. The molecule has 170 valence electrons. The highest BCUT2D eigenvalue weighted by atomic mass is 35.5. The summed E-state index contributed by atoms with van der Waals surface area (Å²) in [6.07, 6.45) is 2.18. The fourth-order valence-corrected chi connectivity index (χ4v) is 4.95. The lowest BCUT2D eigenvalue weighted by atomic mass is 9.86. The molecule has 11 heteroatoms. The number of piperidine rings is 1. The van der Waals surface area contributed by atoms with Crippen LogP contribution >= 0.6 is 23.2 Å². The van der Waals surface area contributed by atoms with Gasteiger partial charge in [-0.05, 0) is 30.7 Å². The van der Waals surface area contributed by atoms with Crippen LogP contribution in [-0.2, 0) is 11.8 Å². The smallest absolute Gasteiger partial charge is 0.227 e. The van der Waals surface area contributed by atoms with Crippen molar-refractivity contribution in [2.24, 2.45) is 7.05 Å². The van der Waals surface area contributed by atoms with Gasteiger partial charge in [0.25, 0.3) is 0 Å². The summed E-state index contributed by atoms with van der Waals surface area (Å²) < 4.78 is 22.1. The van der Waals surface area contributed by atoms with E-state index in [1.54, 1.807) is 25.5 Å². The summed E-state index contributed by atoms with van der Waals surface area (Å²) in [5.41, 5.74) is 1.99. The number of aromatic nitrogens is 4. The van der Waals surface area contributed by atoms with Gasteiger partial charge in [-0.2, -0.15) is 5.10 Å². The normalized spacial score (nSPS) is 26.7. The van der Waals surface area contributed by atoms with Crippen molar-refractivity contribution in [3.05, 3.63) is 40.3 Å². The molecule has 0 aliphatic carbocycles. The lowest BCUT2D eigenvalue weighted by Gasteiger charge is -2.39. The molecule has 0 saturated carbocycles. The number of nitrogens with one attached hydrogen (secondary N) is 1. The van der Waals surface area contributed by atoms with E-state index < -0.39 is 12.3 Å². The summed E-state index contributed by atoms with van der Waals surface area (Å²) in [5.74, 6) is 0.0178. The van der Waals surface area contributed by atoms with E-state index >= 15 is 4.39 Å². The number of nitrogens with zero attached hydrogens (tertiary/aromatic N) is 5. The number of ether oxygens (including phenoxy) is 1. The maximum absolute atomic E-state index is 15.3. The number of hydrogen-bond donors (Lipinski definition) is 2. The zero-order valence-corrected chi connectivity index (χ0v) is 18.9. The predicted octanol–water partition coefficient (Wildman–Crippen LogP) is 3.30. The Bertz CT molecular complexity index is 1140. The van der Waals surface area contributed by atoms with Crippen LogP contribution in [0.5, 0.6) is 0 Å². The van der Waals surface area contributed by atoms with Crippen molar-refractivity contribution in [3.8, 4) is 0 Å². The number of anilines is 2. The number of aryl methyl sites for hydroxylation is 1. The Kier molecular flexibility index (Phi) is 5.94. The highest BCUT2D eigenvalue weighted by Crippen LogP contribution is 2.38. The second-order valence-corrected chi connectivity index (χ2v) is 9.07. The van der Waals surface area contributed by atoms with Gasteiger partial charge in [-0.25, -0.2) is 14.4 Å². The van der Waals surface area contributed by atoms with Crippen molar-refractivity contribution in [1.29, 1.82) is 0 Å². The monoisotopic (exact) mass is 480 g/mol. The Labute approximate surface area is 194 Å². The van der Waals surface area contributed by atoms with Gasteiger partial charge in [0, 0.05) is 36.1 Å². The minimum Gasteiger partial charge on any atom is -0.389 e.